The molecule has 1 aromatic carbocycles. The monoisotopic (exact) mass is 282 g/mol. The molecule has 6 heteroatoms. The number of benzene rings is 1. The molecule has 0 aliphatic heterocycles. The molecule has 21 heavy (non-hydrogen) atoms. The van der Waals surface area contributed by atoms with Gasteiger partial charge in [0, 0.05) is 17.3 Å². The van der Waals surface area contributed by atoms with Gasteiger partial charge in [-0.3, -0.25) is 9.59 Å². The SMILES string of the molecule is Cc1cc(C#CCN)cc(NC(=O)c2ccc(=O)[nH]n2)c1. The molecule has 0 saturated carbocycles. The topological polar surface area (TPSA) is 101 Å². The molecule has 1 amide bonds. The van der Waals surface area contributed by atoms with Crippen molar-refractivity contribution in [2.45, 2.75) is 6.92 Å². The molecule has 0 fully saturated rings. The molecule has 0 aliphatic carbocycles. The molecule has 4 N–H and O–H groups in total. The number of nitrogens with zero attached hydrogens (tertiary/aromatic N) is 1. The second-order valence-electron chi connectivity index (χ2n) is 4.35. The molecule has 1 aromatic heterocycles. The van der Waals surface area contributed by atoms with Gasteiger partial charge in [-0.05, 0) is 36.8 Å². The third kappa shape index (κ3) is 4.03. The predicted molar refractivity (Wildman–Crippen MR) is 79.9 cm³/mol. The van der Waals surface area contributed by atoms with Crippen LogP contribution in [0.2, 0.25) is 0 Å². The van der Waals surface area contributed by atoms with Crippen LogP contribution < -0.4 is 16.6 Å². The summed E-state index contributed by atoms with van der Waals surface area (Å²) in [6.07, 6.45) is 0. The van der Waals surface area contributed by atoms with Crippen LogP contribution in [0.15, 0.2) is 35.1 Å². The van der Waals surface area contributed by atoms with Crippen LogP contribution in [0.4, 0.5) is 5.69 Å². The quantitative estimate of drug-likeness (QED) is 0.704. The number of nitrogens with one attached hydrogen (secondary N) is 2. The highest BCUT2D eigenvalue weighted by molar-refractivity contribution is 6.02. The second kappa shape index (κ2) is 6.50. The Morgan fingerprint density at radius 1 is 1.38 bits per heavy atom. The molecule has 0 atom stereocenters. The Labute approximate surface area is 121 Å². The number of aromatic nitrogens is 2. The van der Waals surface area contributed by atoms with Crippen molar-refractivity contribution in [3.05, 3.63) is 57.5 Å². The van der Waals surface area contributed by atoms with Gasteiger partial charge in [0.15, 0.2) is 0 Å². The van der Waals surface area contributed by atoms with E-state index >= 15 is 0 Å². The first-order chi connectivity index (χ1) is 10.1. The van der Waals surface area contributed by atoms with Crippen molar-refractivity contribution in [2.75, 3.05) is 11.9 Å². The Morgan fingerprint density at radius 2 is 2.19 bits per heavy atom. The Bertz CT molecular complexity index is 764. The van der Waals surface area contributed by atoms with Gasteiger partial charge in [-0.2, -0.15) is 5.10 Å². The first kappa shape index (κ1) is 14.5. The maximum atomic E-state index is 12.0. The molecule has 6 nitrogen and oxygen atoms in total. The van der Waals surface area contributed by atoms with Gasteiger partial charge >= 0.3 is 0 Å². The van der Waals surface area contributed by atoms with Crippen molar-refractivity contribution in [1.82, 2.24) is 10.2 Å². The van der Waals surface area contributed by atoms with Crippen LogP contribution in [0, 0.1) is 18.8 Å². The number of amides is 1. The smallest absolute Gasteiger partial charge is 0.276 e. The number of nitrogens with two attached hydrogens (primary N) is 1. The lowest BCUT2D eigenvalue weighted by molar-refractivity contribution is 0.102. The van der Waals surface area contributed by atoms with Crippen molar-refractivity contribution in [1.29, 1.82) is 0 Å². The number of aromatic amines is 1. The maximum absolute atomic E-state index is 12.0. The lowest BCUT2D eigenvalue weighted by Gasteiger charge is -2.06. The summed E-state index contributed by atoms with van der Waals surface area (Å²) < 4.78 is 0. The van der Waals surface area contributed by atoms with Gasteiger partial charge in [0.25, 0.3) is 11.5 Å². The van der Waals surface area contributed by atoms with Gasteiger partial charge in [0.05, 0.1) is 6.54 Å². The molecule has 1 heterocycles. The van der Waals surface area contributed by atoms with Crippen molar-refractivity contribution in [3.8, 4) is 11.8 Å². The number of aryl methyl sites for hydroxylation is 1. The zero-order valence-corrected chi connectivity index (χ0v) is 11.4. The first-order valence-corrected chi connectivity index (χ1v) is 6.26. The minimum absolute atomic E-state index is 0.130. The lowest BCUT2D eigenvalue weighted by Crippen LogP contribution is -2.17. The van der Waals surface area contributed by atoms with Gasteiger partial charge in [-0.1, -0.05) is 11.8 Å². The summed E-state index contributed by atoms with van der Waals surface area (Å²) >= 11 is 0. The van der Waals surface area contributed by atoms with E-state index in [0.29, 0.717) is 5.69 Å². The van der Waals surface area contributed by atoms with Crippen molar-refractivity contribution >= 4 is 11.6 Å². The average molecular weight is 282 g/mol. The van der Waals surface area contributed by atoms with Crippen LogP contribution >= 0.6 is 0 Å². The molecule has 0 radical (unpaired) electrons. The van der Waals surface area contributed by atoms with Gasteiger partial charge in [0.2, 0.25) is 0 Å². The van der Waals surface area contributed by atoms with E-state index in [1.807, 2.05) is 19.1 Å². The molecule has 0 unspecified atom stereocenters. The fourth-order valence-electron chi connectivity index (χ4n) is 1.75. The third-order valence-corrected chi connectivity index (χ3v) is 2.58. The highest BCUT2D eigenvalue weighted by atomic mass is 16.2. The van der Waals surface area contributed by atoms with Crippen LogP contribution in [-0.2, 0) is 0 Å². The Balaban J connectivity index is 2.22. The number of hydrogen-bond donors (Lipinski definition) is 3. The predicted octanol–water partition coefficient (Wildman–Crippen LogP) is 0.641. The molecule has 0 spiro atoms. The Morgan fingerprint density at radius 3 is 2.86 bits per heavy atom. The zero-order chi connectivity index (χ0) is 15.2. The average Bonchev–Trinajstić information content (AvgIpc) is 2.45. The summed E-state index contributed by atoms with van der Waals surface area (Å²) in [5.41, 5.74) is 7.45. The van der Waals surface area contributed by atoms with Crippen LogP contribution in [0.5, 0.6) is 0 Å². The molecular weight excluding hydrogens is 268 g/mol. The van der Waals surface area contributed by atoms with Crippen molar-refractivity contribution < 1.29 is 4.79 Å². The van der Waals surface area contributed by atoms with Crippen molar-refractivity contribution in [2.24, 2.45) is 5.73 Å². The highest BCUT2D eigenvalue weighted by Gasteiger charge is 2.08. The number of anilines is 1. The Kier molecular flexibility index (Phi) is 4.49. The largest absolute Gasteiger partial charge is 0.321 e. The zero-order valence-electron chi connectivity index (χ0n) is 11.4. The van der Waals surface area contributed by atoms with Crippen LogP contribution in [0.3, 0.4) is 0 Å². The fourth-order valence-corrected chi connectivity index (χ4v) is 1.75. The summed E-state index contributed by atoms with van der Waals surface area (Å²) in [4.78, 5) is 22.9. The molecule has 0 saturated heterocycles. The van der Waals surface area contributed by atoms with Gasteiger partial charge in [-0.15, -0.1) is 0 Å². The van der Waals surface area contributed by atoms with E-state index in [-0.39, 0.29) is 17.8 Å². The molecule has 0 aliphatic rings. The van der Waals surface area contributed by atoms with Crippen LogP contribution in [0.1, 0.15) is 21.6 Å². The number of rotatable bonds is 2. The molecule has 2 aromatic rings. The second-order valence-corrected chi connectivity index (χ2v) is 4.35. The number of carbonyl (C=O) groups is 1. The number of hydrogen-bond acceptors (Lipinski definition) is 4. The fraction of sp³-hybridized carbons (Fsp3) is 0.133. The van der Waals surface area contributed by atoms with E-state index in [1.165, 1.54) is 12.1 Å². The van der Waals surface area contributed by atoms with E-state index in [0.717, 1.165) is 11.1 Å². The molecule has 2 rings (SSSR count). The van der Waals surface area contributed by atoms with Crippen LogP contribution in [-0.4, -0.2) is 22.6 Å². The van der Waals surface area contributed by atoms with Crippen molar-refractivity contribution in [3.63, 3.8) is 0 Å². The van der Waals surface area contributed by atoms with Gasteiger partial charge in [0.1, 0.15) is 5.69 Å². The number of H-pyrrole nitrogens is 1. The molecule has 0 bridgehead atoms. The van der Waals surface area contributed by atoms with Gasteiger partial charge in [-0.25, -0.2) is 5.10 Å². The summed E-state index contributed by atoms with van der Waals surface area (Å²) in [5, 5.41) is 8.60. The van der Waals surface area contributed by atoms with E-state index in [2.05, 4.69) is 27.4 Å². The van der Waals surface area contributed by atoms with E-state index < -0.39 is 5.91 Å². The normalized spacial score (nSPS) is 9.62. The lowest BCUT2D eigenvalue weighted by atomic mass is 10.1. The third-order valence-electron chi connectivity index (χ3n) is 2.58. The Hall–Kier alpha value is -2.91. The maximum Gasteiger partial charge on any atom is 0.276 e. The summed E-state index contributed by atoms with van der Waals surface area (Å²) in [6.45, 7) is 2.18. The van der Waals surface area contributed by atoms with E-state index in [4.69, 9.17) is 5.73 Å². The standard InChI is InChI=1S/C15H14N4O2/c1-10-7-11(3-2-6-16)9-12(8-10)17-15(21)13-4-5-14(20)19-18-13/h4-5,7-9H,6,16H2,1H3,(H,17,21)(H,19,20). The highest BCUT2D eigenvalue weighted by Crippen LogP contribution is 2.14. The minimum atomic E-state index is -0.408. The van der Waals surface area contributed by atoms with E-state index in [9.17, 15) is 9.59 Å². The summed E-state index contributed by atoms with van der Waals surface area (Å²) in [5.74, 6) is 5.27. The minimum Gasteiger partial charge on any atom is -0.321 e. The van der Waals surface area contributed by atoms with Gasteiger partial charge < -0.3 is 11.1 Å². The summed E-state index contributed by atoms with van der Waals surface area (Å²) in [6, 6.07) is 8.07. The first-order valence-electron chi connectivity index (χ1n) is 6.26. The summed E-state index contributed by atoms with van der Waals surface area (Å²) in [7, 11) is 0. The van der Waals surface area contributed by atoms with Crippen LogP contribution in [0.25, 0.3) is 0 Å². The van der Waals surface area contributed by atoms with E-state index in [1.54, 1.807) is 6.07 Å². The molecule has 106 valence electrons. The number of carbonyl (C=O) groups excluding carboxylic acids is 1. The molecular formula is C15H14N4O2.